The number of hydrogen-bond donors (Lipinski definition) is 2. The molecular weight excluding hydrogens is 505 g/mol. The molecule has 6 nitrogen and oxygen atoms in total. The summed E-state index contributed by atoms with van der Waals surface area (Å²) in [6.45, 7) is 2.56. The number of carbonyl (C=O) groups is 1. The van der Waals surface area contributed by atoms with Gasteiger partial charge < -0.3 is 15.5 Å². The van der Waals surface area contributed by atoms with Gasteiger partial charge in [0.2, 0.25) is 5.91 Å². The van der Waals surface area contributed by atoms with Gasteiger partial charge in [0.25, 0.3) is 0 Å². The van der Waals surface area contributed by atoms with E-state index in [1.807, 2.05) is 11.6 Å². The molecule has 1 aliphatic heterocycles. The number of hydrogen-bond acceptors (Lipinski definition) is 5. The van der Waals surface area contributed by atoms with Gasteiger partial charge in [0.15, 0.2) is 5.96 Å². The minimum absolute atomic E-state index is 0. The van der Waals surface area contributed by atoms with Crippen LogP contribution in [-0.4, -0.2) is 60.2 Å². The number of nitrogens with one attached hydrogen (secondary N) is 2. The first-order chi connectivity index (χ1) is 13.3. The molecule has 2 heterocycles. The van der Waals surface area contributed by atoms with Crippen LogP contribution in [0.15, 0.2) is 20.9 Å². The fraction of sp³-hybridized carbons (Fsp3) is 0.737. The van der Waals surface area contributed by atoms with E-state index in [4.69, 9.17) is 0 Å². The standard InChI is InChI=1S/C19H31N5OS2.HI/c1-20-18(21-9-5-12-26-19-22-10-13-27-19)23-16-8-11-24(14-16)17(25)15-6-3-2-4-7-15;/h10,13,15-16H,2-9,11-12,14H2,1H3,(H2,20,21,23);1H. The molecule has 1 aliphatic carbocycles. The molecule has 1 saturated heterocycles. The Labute approximate surface area is 193 Å². The molecule has 1 aromatic heterocycles. The van der Waals surface area contributed by atoms with Crippen molar-refractivity contribution in [3.8, 4) is 0 Å². The van der Waals surface area contributed by atoms with Crippen LogP contribution >= 0.6 is 47.1 Å². The Morgan fingerprint density at radius 3 is 2.89 bits per heavy atom. The van der Waals surface area contributed by atoms with E-state index in [0.29, 0.717) is 11.9 Å². The number of rotatable bonds is 7. The Hall–Kier alpha value is -0.550. The molecule has 158 valence electrons. The number of aliphatic imine (C=N–C) groups is 1. The molecule has 0 bridgehead atoms. The van der Waals surface area contributed by atoms with Crippen LogP contribution in [0, 0.1) is 5.92 Å². The van der Waals surface area contributed by atoms with Crippen molar-refractivity contribution >= 4 is 58.9 Å². The largest absolute Gasteiger partial charge is 0.356 e. The fourth-order valence-electron chi connectivity index (χ4n) is 3.79. The van der Waals surface area contributed by atoms with Crippen molar-refractivity contribution in [2.24, 2.45) is 10.9 Å². The van der Waals surface area contributed by atoms with Crippen LogP contribution in [0.25, 0.3) is 0 Å². The molecule has 9 heteroatoms. The van der Waals surface area contributed by atoms with Crippen molar-refractivity contribution in [3.05, 3.63) is 11.6 Å². The van der Waals surface area contributed by atoms with Crippen LogP contribution in [0.3, 0.4) is 0 Å². The van der Waals surface area contributed by atoms with E-state index in [-0.39, 0.29) is 29.9 Å². The summed E-state index contributed by atoms with van der Waals surface area (Å²) in [6, 6.07) is 0.299. The highest BCUT2D eigenvalue weighted by Gasteiger charge is 2.31. The summed E-state index contributed by atoms with van der Waals surface area (Å²) in [5.41, 5.74) is 0. The Morgan fingerprint density at radius 2 is 2.18 bits per heavy atom. The number of guanidine groups is 1. The third kappa shape index (κ3) is 7.37. The molecule has 0 aromatic carbocycles. The zero-order valence-electron chi connectivity index (χ0n) is 16.6. The topological polar surface area (TPSA) is 69.6 Å². The number of nitrogens with zero attached hydrogens (tertiary/aromatic N) is 3. The lowest BCUT2D eigenvalue weighted by Crippen LogP contribution is -2.45. The minimum Gasteiger partial charge on any atom is -0.356 e. The molecule has 3 rings (SSSR count). The average Bonchev–Trinajstić information content (AvgIpc) is 3.39. The first-order valence-corrected chi connectivity index (χ1v) is 11.9. The molecular formula is C19H32IN5OS2. The first kappa shape index (κ1) is 23.7. The van der Waals surface area contributed by atoms with Crippen molar-refractivity contribution < 1.29 is 4.79 Å². The lowest BCUT2D eigenvalue weighted by molar-refractivity contribution is -0.135. The smallest absolute Gasteiger partial charge is 0.225 e. The predicted octanol–water partition coefficient (Wildman–Crippen LogP) is 3.59. The van der Waals surface area contributed by atoms with Crippen LogP contribution in [0.4, 0.5) is 0 Å². The molecule has 1 atom stereocenters. The number of amides is 1. The van der Waals surface area contributed by atoms with Crippen molar-refractivity contribution in [1.82, 2.24) is 20.5 Å². The van der Waals surface area contributed by atoms with Crippen LogP contribution < -0.4 is 10.6 Å². The molecule has 0 spiro atoms. The maximum absolute atomic E-state index is 12.7. The van der Waals surface area contributed by atoms with Crippen molar-refractivity contribution in [2.45, 2.75) is 55.3 Å². The van der Waals surface area contributed by atoms with Crippen molar-refractivity contribution in [2.75, 3.05) is 32.4 Å². The highest BCUT2D eigenvalue weighted by atomic mass is 127. The molecule has 0 radical (unpaired) electrons. The second-order valence-corrected chi connectivity index (χ2v) is 9.48. The van der Waals surface area contributed by atoms with Gasteiger partial charge in [-0.3, -0.25) is 9.79 Å². The molecule has 1 amide bonds. The summed E-state index contributed by atoms with van der Waals surface area (Å²) in [5, 5.41) is 8.88. The number of thiazole rings is 1. The number of carbonyl (C=O) groups excluding carboxylic acids is 1. The second-order valence-electron chi connectivity index (χ2n) is 7.25. The first-order valence-electron chi connectivity index (χ1n) is 10.0. The molecule has 1 saturated carbocycles. The summed E-state index contributed by atoms with van der Waals surface area (Å²) < 4.78 is 1.13. The maximum atomic E-state index is 12.7. The Bertz CT molecular complexity index is 607. The van der Waals surface area contributed by atoms with Crippen molar-refractivity contribution in [3.63, 3.8) is 0 Å². The number of halogens is 1. The summed E-state index contributed by atoms with van der Waals surface area (Å²) in [5.74, 6) is 2.53. The molecule has 2 N–H and O–H groups in total. The van der Waals surface area contributed by atoms with E-state index in [2.05, 4.69) is 25.5 Å². The Kier molecular flexibility index (Phi) is 10.9. The number of aromatic nitrogens is 1. The molecule has 1 aromatic rings. The molecule has 2 fully saturated rings. The predicted molar refractivity (Wildman–Crippen MR) is 129 cm³/mol. The van der Waals surface area contributed by atoms with Gasteiger partial charge in [-0.2, -0.15) is 0 Å². The SMILES string of the molecule is CN=C(NCCCSc1nccs1)NC1CCN(C(=O)C2CCCCC2)C1.I. The summed E-state index contributed by atoms with van der Waals surface area (Å²) >= 11 is 3.49. The van der Waals surface area contributed by atoms with Crippen LogP contribution in [-0.2, 0) is 4.79 Å². The van der Waals surface area contributed by atoms with Gasteiger partial charge in [-0.05, 0) is 25.7 Å². The second kappa shape index (κ2) is 12.9. The summed E-state index contributed by atoms with van der Waals surface area (Å²) in [6.07, 6.45) is 9.78. The van der Waals surface area contributed by atoms with E-state index in [1.54, 1.807) is 30.1 Å². The number of likely N-dealkylation sites (tertiary alicyclic amines) is 1. The zero-order chi connectivity index (χ0) is 18.9. The maximum Gasteiger partial charge on any atom is 0.225 e. The van der Waals surface area contributed by atoms with Crippen LogP contribution in [0.1, 0.15) is 44.9 Å². The fourth-order valence-corrected chi connectivity index (χ4v) is 5.44. The van der Waals surface area contributed by atoms with Crippen LogP contribution in [0.5, 0.6) is 0 Å². The summed E-state index contributed by atoms with van der Waals surface area (Å²) in [4.78, 5) is 23.4. The quantitative estimate of drug-likeness (QED) is 0.183. The normalized spacial score (nSPS) is 20.7. The highest BCUT2D eigenvalue weighted by Crippen LogP contribution is 2.26. The van der Waals surface area contributed by atoms with Gasteiger partial charge in [-0.15, -0.1) is 35.3 Å². The third-order valence-corrected chi connectivity index (χ3v) is 7.32. The Balaban J connectivity index is 0.00000280. The summed E-state index contributed by atoms with van der Waals surface area (Å²) in [7, 11) is 1.81. The molecule has 2 aliphatic rings. The third-order valence-electron chi connectivity index (χ3n) is 5.27. The van der Waals surface area contributed by atoms with Gasteiger partial charge in [-0.1, -0.05) is 31.0 Å². The molecule has 1 unspecified atom stereocenters. The molecule has 28 heavy (non-hydrogen) atoms. The van der Waals surface area contributed by atoms with Gasteiger partial charge in [0.05, 0.1) is 0 Å². The van der Waals surface area contributed by atoms with Gasteiger partial charge in [-0.25, -0.2) is 4.98 Å². The highest BCUT2D eigenvalue weighted by molar-refractivity contribution is 14.0. The van der Waals surface area contributed by atoms with Crippen LogP contribution in [0.2, 0.25) is 0 Å². The van der Waals surface area contributed by atoms with E-state index in [9.17, 15) is 4.79 Å². The van der Waals surface area contributed by atoms with Gasteiger partial charge >= 0.3 is 0 Å². The lowest BCUT2D eigenvalue weighted by Gasteiger charge is -2.26. The Morgan fingerprint density at radius 1 is 1.36 bits per heavy atom. The average molecular weight is 538 g/mol. The van der Waals surface area contributed by atoms with E-state index < -0.39 is 0 Å². The van der Waals surface area contributed by atoms with E-state index in [0.717, 1.165) is 61.4 Å². The van der Waals surface area contributed by atoms with E-state index in [1.165, 1.54) is 19.3 Å². The van der Waals surface area contributed by atoms with Crippen molar-refractivity contribution in [1.29, 1.82) is 0 Å². The lowest BCUT2D eigenvalue weighted by atomic mass is 9.88. The number of thioether (sulfide) groups is 1. The monoisotopic (exact) mass is 537 g/mol. The van der Waals surface area contributed by atoms with Gasteiger partial charge in [0, 0.05) is 56.0 Å². The minimum atomic E-state index is 0. The van der Waals surface area contributed by atoms with Gasteiger partial charge in [0.1, 0.15) is 4.34 Å². The zero-order valence-corrected chi connectivity index (χ0v) is 20.5. The van der Waals surface area contributed by atoms with E-state index >= 15 is 0 Å².